The number of benzene rings is 1. The van der Waals surface area contributed by atoms with E-state index in [9.17, 15) is 4.79 Å². The number of aldehydes is 1. The van der Waals surface area contributed by atoms with Crippen molar-refractivity contribution in [3.05, 3.63) is 29.8 Å². The maximum atomic E-state index is 11.0. The van der Waals surface area contributed by atoms with E-state index in [-0.39, 0.29) is 6.04 Å². The Morgan fingerprint density at radius 1 is 1.35 bits per heavy atom. The van der Waals surface area contributed by atoms with E-state index in [1.54, 1.807) is 11.8 Å². The van der Waals surface area contributed by atoms with Crippen molar-refractivity contribution in [3.63, 3.8) is 0 Å². The van der Waals surface area contributed by atoms with Gasteiger partial charge in [-0.15, -0.1) is 11.8 Å². The van der Waals surface area contributed by atoms with E-state index in [1.165, 1.54) is 23.3 Å². The van der Waals surface area contributed by atoms with Gasteiger partial charge in [0.2, 0.25) is 0 Å². The number of hydrogen-bond donors (Lipinski definition) is 0. The highest BCUT2D eigenvalue weighted by atomic mass is 32.2. The molecule has 0 N–H and O–H groups in total. The van der Waals surface area contributed by atoms with E-state index in [2.05, 4.69) is 35.4 Å². The van der Waals surface area contributed by atoms with Gasteiger partial charge in [0.1, 0.15) is 6.29 Å². The van der Waals surface area contributed by atoms with Crippen LogP contribution in [0.2, 0.25) is 0 Å². The fourth-order valence-electron chi connectivity index (χ4n) is 2.33. The van der Waals surface area contributed by atoms with Crippen molar-refractivity contribution in [1.82, 2.24) is 4.90 Å². The Morgan fingerprint density at radius 3 is 2.76 bits per heavy atom. The van der Waals surface area contributed by atoms with Gasteiger partial charge in [-0.2, -0.15) is 0 Å². The van der Waals surface area contributed by atoms with E-state index < -0.39 is 0 Å². The van der Waals surface area contributed by atoms with Gasteiger partial charge >= 0.3 is 0 Å². The highest BCUT2D eigenvalue weighted by molar-refractivity contribution is 7.98. The molecule has 0 radical (unpaired) electrons. The van der Waals surface area contributed by atoms with Crippen molar-refractivity contribution in [2.45, 2.75) is 36.7 Å². The molecule has 3 heteroatoms. The summed E-state index contributed by atoms with van der Waals surface area (Å²) in [7, 11) is 0. The second-order valence-corrected chi connectivity index (χ2v) is 5.40. The minimum absolute atomic E-state index is 0.129. The lowest BCUT2D eigenvalue weighted by atomic mass is 10.0. The molecule has 1 fully saturated rings. The molecule has 1 aromatic carbocycles. The number of hydrogen-bond acceptors (Lipinski definition) is 3. The number of piperidine rings is 1. The molecule has 0 saturated carbocycles. The van der Waals surface area contributed by atoms with E-state index in [4.69, 9.17) is 0 Å². The molecule has 2 nitrogen and oxygen atoms in total. The van der Waals surface area contributed by atoms with Crippen LogP contribution >= 0.6 is 11.8 Å². The lowest BCUT2D eigenvalue weighted by Crippen LogP contribution is -2.39. The van der Waals surface area contributed by atoms with E-state index in [0.717, 1.165) is 25.8 Å². The van der Waals surface area contributed by atoms with Gasteiger partial charge in [0.25, 0.3) is 0 Å². The molecular formula is C14H19NOS. The van der Waals surface area contributed by atoms with Crippen LogP contribution < -0.4 is 0 Å². The van der Waals surface area contributed by atoms with E-state index >= 15 is 0 Å². The first-order valence-corrected chi connectivity index (χ1v) is 7.38. The van der Waals surface area contributed by atoms with Crippen molar-refractivity contribution >= 4 is 18.0 Å². The Balaban J connectivity index is 2.00. The first-order chi connectivity index (χ1) is 8.33. The smallest absolute Gasteiger partial charge is 0.137 e. The first kappa shape index (κ1) is 12.7. The normalized spacial score (nSPS) is 21.4. The quantitative estimate of drug-likeness (QED) is 0.604. The Bertz CT molecular complexity index is 363. The maximum Gasteiger partial charge on any atom is 0.137 e. The highest BCUT2D eigenvalue weighted by Gasteiger charge is 2.21. The molecule has 1 atom stereocenters. The van der Waals surface area contributed by atoms with Gasteiger partial charge in [-0.05, 0) is 43.3 Å². The number of carbonyl (C=O) groups is 1. The zero-order chi connectivity index (χ0) is 12.1. The van der Waals surface area contributed by atoms with Gasteiger partial charge in [0, 0.05) is 11.4 Å². The topological polar surface area (TPSA) is 20.3 Å². The lowest BCUT2D eigenvalue weighted by Gasteiger charge is -2.32. The number of thioether (sulfide) groups is 1. The molecule has 1 saturated heterocycles. The predicted molar refractivity (Wildman–Crippen MR) is 72.3 cm³/mol. The van der Waals surface area contributed by atoms with Crippen molar-refractivity contribution in [2.75, 3.05) is 12.8 Å². The summed E-state index contributed by atoms with van der Waals surface area (Å²) >= 11 is 1.76. The fourth-order valence-corrected chi connectivity index (χ4v) is 2.74. The summed E-state index contributed by atoms with van der Waals surface area (Å²) in [5.74, 6) is 0. The molecule has 0 amide bonds. The third kappa shape index (κ3) is 3.33. The largest absolute Gasteiger partial charge is 0.302 e. The Hall–Kier alpha value is -0.800. The number of likely N-dealkylation sites (tertiary alicyclic amines) is 1. The molecule has 17 heavy (non-hydrogen) atoms. The van der Waals surface area contributed by atoms with E-state index in [1.807, 2.05) is 0 Å². The zero-order valence-electron chi connectivity index (χ0n) is 10.3. The molecule has 1 aliphatic rings. The minimum atomic E-state index is 0.129. The molecule has 92 valence electrons. The summed E-state index contributed by atoms with van der Waals surface area (Å²) < 4.78 is 0. The third-order valence-electron chi connectivity index (χ3n) is 3.37. The first-order valence-electron chi connectivity index (χ1n) is 6.16. The second kappa shape index (κ2) is 6.22. The van der Waals surface area contributed by atoms with Crippen LogP contribution in [0.25, 0.3) is 0 Å². The molecule has 0 spiro atoms. The average Bonchev–Trinajstić information content (AvgIpc) is 2.40. The van der Waals surface area contributed by atoms with Gasteiger partial charge in [-0.3, -0.25) is 4.90 Å². The summed E-state index contributed by atoms with van der Waals surface area (Å²) in [5, 5.41) is 0. The number of carbonyl (C=O) groups excluding carboxylic acids is 1. The van der Waals surface area contributed by atoms with Crippen molar-refractivity contribution in [1.29, 1.82) is 0 Å². The summed E-state index contributed by atoms with van der Waals surface area (Å²) in [4.78, 5) is 14.6. The monoisotopic (exact) mass is 249 g/mol. The fraction of sp³-hybridized carbons (Fsp3) is 0.500. The standard InChI is InChI=1S/C14H19NOS/c1-17-14-7-5-12(6-8-14)10-15-9-3-2-4-13(15)11-16/h5-8,11,13H,2-4,9-10H2,1H3. The van der Waals surface area contributed by atoms with Crippen LogP contribution in [0.15, 0.2) is 29.2 Å². The van der Waals surface area contributed by atoms with Crippen LogP contribution in [0.4, 0.5) is 0 Å². The van der Waals surface area contributed by atoms with Crippen molar-refractivity contribution in [2.24, 2.45) is 0 Å². The second-order valence-electron chi connectivity index (χ2n) is 4.52. The summed E-state index contributed by atoms with van der Waals surface area (Å²) in [5.41, 5.74) is 1.30. The summed E-state index contributed by atoms with van der Waals surface area (Å²) in [6.07, 6.45) is 6.61. The summed E-state index contributed by atoms with van der Waals surface area (Å²) in [6.45, 7) is 1.95. The SMILES string of the molecule is CSc1ccc(CN2CCCCC2C=O)cc1. The van der Waals surface area contributed by atoms with Crippen molar-refractivity contribution < 1.29 is 4.79 Å². The van der Waals surface area contributed by atoms with Gasteiger partial charge in [0.15, 0.2) is 0 Å². The Labute approximate surface area is 107 Å². The van der Waals surface area contributed by atoms with Gasteiger partial charge in [-0.25, -0.2) is 0 Å². The molecule has 0 aliphatic carbocycles. The van der Waals surface area contributed by atoms with Gasteiger partial charge < -0.3 is 4.79 Å². The predicted octanol–water partition coefficient (Wildman–Crippen LogP) is 2.96. The molecule has 0 aromatic heterocycles. The van der Waals surface area contributed by atoms with Crippen LogP contribution in [-0.2, 0) is 11.3 Å². The molecule has 0 bridgehead atoms. The van der Waals surface area contributed by atoms with Crippen LogP contribution in [-0.4, -0.2) is 30.0 Å². The van der Waals surface area contributed by atoms with Crippen LogP contribution in [0.1, 0.15) is 24.8 Å². The van der Waals surface area contributed by atoms with Gasteiger partial charge in [-0.1, -0.05) is 18.6 Å². The maximum absolute atomic E-state index is 11.0. The molecule has 1 heterocycles. The van der Waals surface area contributed by atoms with Crippen LogP contribution in [0.3, 0.4) is 0 Å². The van der Waals surface area contributed by atoms with Gasteiger partial charge in [0.05, 0.1) is 6.04 Å². The third-order valence-corrected chi connectivity index (χ3v) is 4.11. The van der Waals surface area contributed by atoms with Crippen LogP contribution in [0, 0.1) is 0 Å². The molecule has 1 aromatic rings. The van der Waals surface area contributed by atoms with Crippen molar-refractivity contribution in [3.8, 4) is 0 Å². The highest BCUT2D eigenvalue weighted by Crippen LogP contribution is 2.20. The average molecular weight is 249 g/mol. The Morgan fingerprint density at radius 2 is 2.12 bits per heavy atom. The summed E-state index contributed by atoms with van der Waals surface area (Å²) in [6, 6.07) is 8.77. The lowest BCUT2D eigenvalue weighted by molar-refractivity contribution is -0.113. The Kier molecular flexibility index (Phi) is 4.63. The number of nitrogens with zero attached hydrogens (tertiary/aromatic N) is 1. The van der Waals surface area contributed by atoms with Crippen LogP contribution in [0.5, 0.6) is 0 Å². The number of rotatable bonds is 4. The minimum Gasteiger partial charge on any atom is -0.302 e. The van der Waals surface area contributed by atoms with E-state index in [0.29, 0.717) is 0 Å². The molecule has 1 unspecified atom stereocenters. The molecule has 2 rings (SSSR count). The molecule has 1 aliphatic heterocycles. The molecular weight excluding hydrogens is 230 g/mol. The zero-order valence-corrected chi connectivity index (χ0v) is 11.1.